The second-order valence-corrected chi connectivity index (χ2v) is 4.24. The Morgan fingerprint density at radius 1 is 1.31 bits per heavy atom. The number of nitrogens with one attached hydrogen (secondary N) is 1. The first-order valence-corrected chi connectivity index (χ1v) is 5.37. The molecule has 1 unspecified atom stereocenters. The molecule has 0 bridgehead atoms. The van der Waals surface area contributed by atoms with Crippen molar-refractivity contribution in [1.82, 2.24) is 5.43 Å². The first-order chi connectivity index (χ1) is 6.25. The Hall–Kier alpha value is -0.340. The SMILES string of the molecule is C=C(C)C(NN)C1CCCCCC1. The van der Waals surface area contributed by atoms with E-state index in [1.54, 1.807) is 0 Å². The maximum atomic E-state index is 5.54. The van der Waals surface area contributed by atoms with Crippen LogP contribution >= 0.6 is 0 Å². The first kappa shape index (κ1) is 10.7. The molecular weight excluding hydrogens is 160 g/mol. The minimum Gasteiger partial charge on any atom is -0.271 e. The van der Waals surface area contributed by atoms with Crippen LogP contribution in [0.1, 0.15) is 45.4 Å². The molecule has 0 aromatic carbocycles. The standard InChI is InChI=1S/C11H22N2/c1-9(2)11(13-12)10-7-5-3-4-6-8-10/h10-11,13H,1,3-8,12H2,2H3. The average molecular weight is 182 g/mol. The van der Waals surface area contributed by atoms with Crippen LogP contribution in [0.3, 0.4) is 0 Å². The predicted molar refractivity (Wildman–Crippen MR) is 57.1 cm³/mol. The lowest BCUT2D eigenvalue weighted by Crippen LogP contribution is -2.41. The van der Waals surface area contributed by atoms with Gasteiger partial charge in [-0.2, -0.15) is 0 Å². The number of nitrogens with two attached hydrogens (primary N) is 1. The van der Waals surface area contributed by atoms with E-state index in [0.29, 0.717) is 12.0 Å². The largest absolute Gasteiger partial charge is 0.271 e. The molecule has 1 rings (SSSR count). The molecule has 13 heavy (non-hydrogen) atoms. The van der Waals surface area contributed by atoms with E-state index in [1.807, 2.05) is 0 Å². The molecule has 1 aliphatic carbocycles. The Balaban J connectivity index is 2.50. The van der Waals surface area contributed by atoms with Crippen molar-refractivity contribution in [1.29, 1.82) is 0 Å². The highest BCUT2D eigenvalue weighted by molar-refractivity contribution is 5.03. The van der Waals surface area contributed by atoms with Gasteiger partial charge in [0.15, 0.2) is 0 Å². The lowest BCUT2D eigenvalue weighted by molar-refractivity contribution is 0.357. The van der Waals surface area contributed by atoms with Crippen LogP contribution in [-0.4, -0.2) is 6.04 Å². The second-order valence-electron chi connectivity index (χ2n) is 4.24. The van der Waals surface area contributed by atoms with Crippen molar-refractivity contribution in [2.24, 2.45) is 11.8 Å². The summed E-state index contributed by atoms with van der Waals surface area (Å²) in [7, 11) is 0. The van der Waals surface area contributed by atoms with Crippen LogP contribution in [0.2, 0.25) is 0 Å². The van der Waals surface area contributed by atoms with E-state index < -0.39 is 0 Å². The lowest BCUT2D eigenvalue weighted by atomic mass is 9.88. The van der Waals surface area contributed by atoms with Gasteiger partial charge in [-0.25, -0.2) is 0 Å². The van der Waals surface area contributed by atoms with Gasteiger partial charge < -0.3 is 0 Å². The Kier molecular flexibility index (Phi) is 4.46. The van der Waals surface area contributed by atoms with Gasteiger partial charge in [0.25, 0.3) is 0 Å². The number of hydrazine groups is 1. The van der Waals surface area contributed by atoms with Crippen LogP contribution in [0.4, 0.5) is 0 Å². The molecule has 1 fully saturated rings. The predicted octanol–water partition coefficient (Wildman–Crippen LogP) is 2.36. The van der Waals surface area contributed by atoms with Crippen LogP contribution in [-0.2, 0) is 0 Å². The maximum absolute atomic E-state index is 5.54. The fraction of sp³-hybridized carbons (Fsp3) is 0.818. The molecule has 0 aromatic heterocycles. The zero-order chi connectivity index (χ0) is 9.68. The fourth-order valence-electron chi connectivity index (χ4n) is 2.32. The van der Waals surface area contributed by atoms with Gasteiger partial charge in [-0.15, -0.1) is 0 Å². The summed E-state index contributed by atoms with van der Waals surface area (Å²) in [4.78, 5) is 0. The van der Waals surface area contributed by atoms with Gasteiger partial charge in [0.1, 0.15) is 0 Å². The van der Waals surface area contributed by atoms with Crippen molar-refractivity contribution >= 4 is 0 Å². The summed E-state index contributed by atoms with van der Waals surface area (Å²) in [6.07, 6.45) is 8.11. The molecular formula is C11H22N2. The quantitative estimate of drug-likeness (QED) is 0.304. The molecule has 0 aliphatic heterocycles. The third-order valence-electron chi connectivity index (χ3n) is 3.08. The molecule has 0 saturated heterocycles. The van der Waals surface area contributed by atoms with Crippen LogP contribution in [0.5, 0.6) is 0 Å². The Labute approximate surface area is 81.6 Å². The number of hydrogen-bond acceptors (Lipinski definition) is 2. The minimum absolute atomic E-state index is 0.332. The van der Waals surface area contributed by atoms with Gasteiger partial charge in [0.05, 0.1) is 0 Å². The van der Waals surface area contributed by atoms with Crippen molar-refractivity contribution in [3.8, 4) is 0 Å². The zero-order valence-electron chi connectivity index (χ0n) is 8.68. The van der Waals surface area contributed by atoms with Crippen molar-refractivity contribution in [2.45, 2.75) is 51.5 Å². The van der Waals surface area contributed by atoms with E-state index in [4.69, 9.17) is 5.84 Å². The topological polar surface area (TPSA) is 38.0 Å². The molecule has 1 saturated carbocycles. The Bertz CT molecular complexity index is 157. The Morgan fingerprint density at radius 3 is 2.23 bits per heavy atom. The van der Waals surface area contributed by atoms with E-state index in [0.717, 1.165) is 0 Å². The highest BCUT2D eigenvalue weighted by atomic mass is 15.2. The van der Waals surface area contributed by atoms with E-state index in [-0.39, 0.29) is 0 Å². The number of rotatable bonds is 3. The fourth-order valence-corrected chi connectivity index (χ4v) is 2.32. The Morgan fingerprint density at radius 2 is 1.85 bits per heavy atom. The highest BCUT2D eigenvalue weighted by Gasteiger charge is 2.21. The van der Waals surface area contributed by atoms with Crippen molar-refractivity contribution in [2.75, 3.05) is 0 Å². The van der Waals surface area contributed by atoms with E-state index in [9.17, 15) is 0 Å². The van der Waals surface area contributed by atoms with Gasteiger partial charge in [-0.05, 0) is 25.7 Å². The van der Waals surface area contributed by atoms with Crippen molar-refractivity contribution in [3.63, 3.8) is 0 Å². The normalized spacial score (nSPS) is 22.3. The molecule has 2 nitrogen and oxygen atoms in total. The summed E-state index contributed by atoms with van der Waals surface area (Å²) < 4.78 is 0. The van der Waals surface area contributed by atoms with E-state index >= 15 is 0 Å². The maximum Gasteiger partial charge on any atom is 0.0442 e. The summed E-state index contributed by atoms with van der Waals surface area (Å²) in [5.74, 6) is 6.26. The molecule has 2 heteroatoms. The molecule has 0 heterocycles. The molecule has 0 aromatic rings. The summed E-state index contributed by atoms with van der Waals surface area (Å²) in [6.45, 7) is 6.05. The monoisotopic (exact) mass is 182 g/mol. The molecule has 0 amide bonds. The average Bonchev–Trinajstić information content (AvgIpc) is 2.33. The van der Waals surface area contributed by atoms with Crippen molar-refractivity contribution < 1.29 is 0 Å². The van der Waals surface area contributed by atoms with E-state index in [2.05, 4.69) is 18.9 Å². The van der Waals surface area contributed by atoms with Gasteiger partial charge >= 0.3 is 0 Å². The van der Waals surface area contributed by atoms with Gasteiger partial charge in [0, 0.05) is 6.04 Å². The second kappa shape index (κ2) is 5.40. The van der Waals surface area contributed by atoms with Crippen LogP contribution in [0.15, 0.2) is 12.2 Å². The highest BCUT2D eigenvalue weighted by Crippen LogP contribution is 2.27. The minimum atomic E-state index is 0.332. The zero-order valence-corrected chi connectivity index (χ0v) is 8.68. The third-order valence-corrected chi connectivity index (χ3v) is 3.08. The third kappa shape index (κ3) is 3.12. The molecule has 1 aliphatic rings. The van der Waals surface area contributed by atoms with Crippen LogP contribution in [0, 0.1) is 5.92 Å². The van der Waals surface area contributed by atoms with Gasteiger partial charge in [-0.1, -0.05) is 37.8 Å². The molecule has 76 valence electrons. The summed E-state index contributed by atoms with van der Waals surface area (Å²) in [5, 5.41) is 0. The summed E-state index contributed by atoms with van der Waals surface area (Å²) in [5.41, 5.74) is 4.07. The summed E-state index contributed by atoms with van der Waals surface area (Å²) >= 11 is 0. The van der Waals surface area contributed by atoms with Gasteiger partial charge in [0.2, 0.25) is 0 Å². The molecule has 0 radical (unpaired) electrons. The summed E-state index contributed by atoms with van der Waals surface area (Å²) in [6, 6.07) is 0.332. The van der Waals surface area contributed by atoms with Crippen LogP contribution in [0.25, 0.3) is 0 Å². The molecule has 3 N–H and O–H groups in total. The van der Waals surface area contributed by atoms with Crippen LogP contribution < -0.4 is 11.3 Å². The van der Waals surface area contributed by atoms with Crippen molar-refractivity contribution in [3.05, 3.63) is 12.2 Å². The molecule has 0 spiro atoms. The number of hydrogen-bond donors (Lipinski definition) is 2. The van der Waals surface area contributed by atoms with E-state index in [1.165, 1.54) is 44.1 Å². The molecule has 1 atom stereocenters. The lowest BCUT2D eigenvalue weighted by Gasteiger charge is -2.25. The van der Waals surface area contributed by atoms with Gasteiger partial charge in [-0.3, -0.25) is 11.3 Å². The first-order valence-electron chi connectivity index (χ1n) is 5.37. The smallest absolute Gasteiger partial charge is 0.0442 e.